The van der Waals surface area contributed by atoms with E-state index in [9.17, 15) is 4.79 Å². The SMILES string of the molecule is COC(=O)C(C)CNCCC(C)c1ccccc1. The molecule has 0 amide bonds. The van der Waals surface area contributed by atoms with Crippen LogP contribution in [-0.2, 0) is 9.53 Å². The molecule has 1 N–H and O–H groups in total. The Morgan fingerprint density at radius 1 is 1.28 bits per heavy atom. The average Bonchev–Trinajstić information content (AvgIpc) is 2.43. The van der Waals surface area contributed by atoms with Crippen LogP contribution in [0, 0.1) is 5.92 Å². The molecule has 1 aromatic carbocycles. The highest BCUT2D eigenvalue weighted by Crippen LogP contribution is 2.17. The van der Waals surface area contributed by atoms with Crippen molar-refractivity contribution in [2.45, 2.75) is 26.2 Å². The summed E-state index contributed by atoms with van der Waals surface area (Å²) in [5.41, 5.74) is 1.36. The summed E-state index contributed by atoms with van der Waals surface area (Å²) in [5.74, 6) is 0.299. The van der Waals surface area contributed by atoms with Crippen molar-refractivity contribution in [1.82, 2.24) is 5.32 Å². The van der Waals surface area contributed by atoms with Gasteiger partial charge in [-0.1, -0.05) is 44.2 Å². The number of hydrogen-bond acceptors (Lipinski definition) is 3. The molecule has 0 saturated heterocycles. The van der Waals surface area contributed by atoms with Crippen LogP contribution in [0.4, 0.5) is 0 Å². The van der Waals surface area contributed by atoms with Crippen LogP contribution < -0.4 is 5.32 Å². The van der Waals surface area contributed by atoms with Gasteiger partial charge in [0.05, 0.1) is 13.0 Å². The lowest BCUT2D eigenvalue weighted by Crippen LogP contribution is -2.28. The zero-order chi connectivity index (χ0) is 13.4. The van der Waals surface area contributed by atoms with Gasteiger partial charge in [0.2, 0.25) is 0 Å². The number of hydrogen-bond donors (Lipinski definition) is 1. The first-order valence-corrected chi connectivity index (χ1v) is 6.48. The molecule has 2 atom stereocenters. The van der Waals surface area contributed by atoms with Crippen LogP contribution in [0.5, 0.6) is 0 Å². The monoisotopic (exact) mass is 249 g/mol. The zero-order valence-corrected chi connectivity index (χ0v) is 11.5. The van der Waals surface area contributed by atoms with Crippen LogP contribution in [0.1, 0.15) is 31.7 Å². The number of nitrogens with one attached hydrogen (secondary N) is 1. The molecule has 3 nitrogen and oxygen atoms in total. The Bertz CT molecular complexity index is 351. The second-order valence-electron chi connectivity index (χ2n) is 4.73. The topological polar surface area (TPSA) is 38.3 Å². The van der Waals surface area contributed by atoms with E-state index in [4.69, 9.17) is 0 Å². The summed E-state index contributed by atoms with van der Waals surface area (Å²) < 4.78 is 4.68. The lowest BCUT2D eigenvalue weighted by molar-refractivity contribution is -0.144. The predicted octanol–water partition coefficient (Wildman–Crippen LogP) is 2.58. The molecule has 0 saturated carbocycles. The molecule has 0 aromatic heterocycles. The molecule has 0 aliphatic carbocycles. The Balaban J connectivity index is 2.20. The molecule has 0 heterocycles. The van der Waals surface area contributed by atoms with E-state index in [0.29, 0.717) is 12.5 Å². The number of esters is 1. The summed E-state index contributed by atoms with van der Waals surface area (Å²) in [7, 11) is 1.43. The second-order valence-corrected chi connectivity index (χ2v) is 4.73. The molecule has 0 bridgehead atoms. The Hall–Kier alpha value is -1.35. The molecule has 0 spiro atoms. The first-order chi connectivity index (χ1) is 8.65. The lowest BCUT2D eigenvalue weighted by atomic mass is 9.98. The van der Waals surface area contributed by atoms with Crippen LogP contribution in [0.25, 0.3) is 0 Å². The Morgan fingerprint density at radius 3 is 2.56 bits per heavy atom. The highest BCUT2D eigenvalue weighted by atomic mass is 16.5. The molecule has 1 aromatic rings. The van der Waals surface area contributed by atoms with Crippen molar-refractivity contribution in [3.05, 3.63) is 35.9 Å². The fraction of sp³-hybridized carbons (Fsp3) is 0.533. The first-order valence-electron chi connectivity index (χ1n) is 6.48. The predicted molar refractivity (Wildman–Crippen MR) is 73.5 cm³/mol. The molecule has 18 heavy (non-hydrogen) atoms. The van der Waals surface area contributed by atoms with E-state index in [1.807, 2.05) is 13.0 Å². The molecule has 100 valence electrons. The van der Waals surface area contributed by atoms with Crippen molar-refractivity contribution in [2.75, 3.05) is 20.2 Å². The van der Waals surface area contributed by atoms with E-state index < -0.39 is 0 Å². The smallest absolute Gasteiger partial charge is 0.309 e. The number of carbonyl (C=O) groups is 1. The zero-order valence-electron chi connectivity index (χ0n) is 11.5. The number of carbonyl (C=O) groups excluding carboxylic acids is 1. The maximum absolute atomic E-state index is 11.2. The van der Waals surface area contributed by atoms with Crippen molar-refractivity contribution < 1.29 is 9.53 Å². The minimum atomic E-state index is -0.154. The van der Waals surface area contributed by atoms with Gasteiger partial charge in [0, 0.05) is 6.54 Å². The Kier molecular flexibility index (Phi) is 6.44. The number of ether oxygens (including phenoxy) is 1. The molecule has 3 heteroatoms. The molecule has 2 unspecified atom stereocenters. The third kappa shape index (κ3) is 4.88. The number of methoxy groups -OCH3 is 1. The molecule has 0 aliphatic heterocycles. The van der Waals surface area contributed by atoms with Crippen LogP contribution in [0.2, 0.25) is 0 Å². The van der Waals surface area contributed by atoms with Crippen molar-refractivity contribution in [1.29, 1.82) is 0 Å². The van der Waals surface area contributed by atoms with E-state index in [2.05, 4.69) is 41.2 Å². The van der Waals surface area contributed by atoms with Gasteiger partial charge < -0.3 is 10.1 Å². The minimum absolute atomic E-state index is 0.0815. The van der Waals surface area contributed by atoms with Gasteiger partial charge in [-0.2, -0.15) is 0 Å². The normalized spacial score (nSPS) is 13.9. The van der Waals surface area contributed by atoms with Gasteiger partial charge in [-0.15, -0.1) is 0 Å². The van der Waals surface area contributed by atoms with E-state index in [-0.39, 0.29) is 11.9 Å². The number of rotatable bonds is 7. The minimum Gasteiger partial charge on any atom is -0.469 e. The lowest BCUT2D eigenvalue weighted by Gasteiger charge is -2.14. The van der Waals surface area contributed by atoms with Crippen LogP contribution in [-0.4, -0.2) is 26.2 Å². The van der Waals surface area contributed by atoms with Gasteiger partial charge >= 0.3 is 5.97 Å². The van der Waals surface area contributed by atoms with Gasteiger partial charge in [-0.3, -0.25) is 4.79 Å². The van der Waals surface area contributed by atoms with Crippen molar-refractivity contribution in [3.8, 4) is 0 Å². The highest BCUT2D eigenvalue weighted by molar-refractivity contribution is 5.71. The van der Waals surface area contributed by atoms with Crippen LogP contribution >= 0.6 is 0 Å². The van der Waals surface area contributed by atoms with E-state index >= 15 is 0 Å². The molecular weight excluding hydrogens is 226 g/mol. The van der Waals surface area contributed by atoms with Gasteiger partial charge in [0.25, 0.3) is 0 Å². The molecule has 0 aliphatic rings. The second kappa shape index (κ2) is 7.88. The van der Waals surface area contributed by atoms with Crippen molar-refractivity contribution in [2.24, 2.45) is 5.92 Å². The van der Waals surface area contributed by atoms with E-state index in [1.165, 1.54) is 12.7 Å². The molecule has 1 rings (SSSR count). The fourth-order valence-corrected chi connectivity index (χ4v) is 1.87. The van der Waals surface area contributed by atoms with Gasteiger partial charge in [0.15, 0.2) is 0 Å². The largest absolute Gasteiger partial charge is 0.469 e. The summed E-state index contributed by atoms with van der Waals surface area (Å²) in [6.07, 6.45) is 1.07. The molecule has 0 fully saturated rings. The Labute approximate surface area is 110 Å². The van der Waals surface area contributed by atoms with Gasteiger partial charge in [0.1, 0.15) is 0 Å². The molecular formula is C15H23NO2. The van der Waals surface area contributed by atoms with E-state index in [1.54, 1.807) is 0 Å². The van der Waals surface area contributed by atoms with E-state index in [0.717, 1.165) is 13.0 Å². The summed E-state index contributed by atoms with van der Waals surface area (Å²) in [6.45, 7) is 5.69. The van der Waals surface area contributed by atoms with Gasteiger partial charge in [-0.05, 0) is 24.4 Å². The Morgan fingerprint density at radius 2 is 1.94 bits per heavy atom. The van der Waals surface area contributed by atoms with Crippen molar-refractivity contribution >= 4 is 5.97 Å². The first kappa shape index (κ1) is 14.7. The average molecular weight is 249 g/mol. The molecule has 0 radical (unpaired) electrons. The highest BCUT2D eigenvalue weighted by Gasteiger charge is 2.12. The maximum atomic E-state index is 11.2. The summed E-state index contributed by atoms with van der Waals surface area (Å²) in [4.78, 5) is 11.2. The van der Waals surface area contributed by atoms with Crippen LogP contribution in [0.15, 0.2) is 30.3 Å². The fourth-order valence-electron chi connectivity index (χ4n) is 1.87. The number of benzene rings is 1. The summed E-state index contributed by atoms with van der Waals surface area (Å²) in [6, 6.07) is 10.5. The van der Waals surface area contributed by atoms with Crippen LogP contribution in [0.3, 0.4) is 0 Å². The maximum Gasteiger partial charge on any atom is 0.309 e. The standard InChI is InChI=1S/C15H23NO2/c1-12(14-7-5-4-6-8-14)9-10-16-11-13(2)15(17)18-3/h4-8,12-13,16H,9-11H2,1-3H3. The third-order valence-electron chi connectivity index (χ3n) is 3.18. The quantitative estimate of drug-likeness (QED) is 0.596. The summed E-state index contributed by atoms with van der Waals surface area (Å²) >= 11 is 0. The summed E-state index contributed by atoms with van der Waals surface area (Å²) in [5, 5.41) is 3.30. The van der Waals surface area contributed by atoms with Gasteiger partial charge in [-0.25, -0.2) is 0 Å². The van der Waals surface area contributed by atoms with Crippen molar-refractivity contribution in [3.63, 3.8) is 0 Å². The third-order valence-corrected chi connectivity index (χ3v) is 3.18.